The summed E-state index contributed by atoms with van der Waals surface area (Å²) in [7, 11) is 0. The molecule has 110 valence electrons. The maximum atomic E-state index is 4.58. The number of hydrogen-bond acceptors (Lipinski definition) is 4. The minimum atomic E-state index is 0.389. The maximum Gasteiger partial charge on any atom is 0.188 e. The van der Waals surface area contributed by atoms with Crippen molar-refractivity contribution in [1.82, 2.24) is 15.3 Å². The summed E-state index contributed by atoms with van der Waals surface area (Å²) in [5.74, 6) is 0. The molecule has 1 heterocycles. The lowest BCUT2D eigenvalue weighted by atomic mass is 10.1. The number of fused-ring (bicyclic) bond motifs is 1. The van der Waals surface area contributed by atoms with E-state index in [1.165, 1.54) is 11.1 Å². The summed E-state index contributed by atoms with van der Waals surface area (Å²) in [6.45, 7) is 7.20. The van der Waals surface area contributed by atoms with E-state index in [4.69, 9.17) is 0 Å². The van der Waals surface area contributed by atoms with Crippen LogP contribution in [0.5, 0.6) is 0 Å². The van der Waals surface area contributed by atoms with Gasteiger partial charge in [0.25, 0.3) is 0 Å². The first-order valence-electron chi connectivity index (χ1n) is 7.47. The molecule has 0 saturated heterocycles. The molecule has 3 rings (SSSR count). The Morgan fingerprint density at radius 1 is 1.19 bits per heavy atom. The Hall–Kier alpha value is -1.39. The molecule has 2 aromatic rings. The summed E-state index contributed by atoms with van der Waals surface area (Å²) in [6.07, 6.45) is 1.08. The van der Waals surface area contributed by atoms with E-state index in [0.717, 1.165) is 29.5 Å². The second kappa shape index (κ2) is 6.16. The molecule has 3 nitrogen and oxygen atoms in total. The highest BCUT2D eigenvalue weighted by molar-refractivity contribution is 7.99. The van der Waals surface area contributed by atoms with Crippen LogP contribution in [0.3, 0.4) is 0 Å². The van der Waals surface area contributed by atoms with E-state index < -0.39 is 0 Å². The van der Waals surface area contributed by atoms with Crippen molar-refractivity contribution >= 4 is 11.8 Å². The zero-order valence-electron chi connectivity index (χ0n) is 12.8. The van der Waals surface area contributed by atoms with Crippen LogP contribution in [-0.4, -0.2) is 21.8 Å². The van der Waals surface area contributed by atoms with E-state index in [2.05, 4.69) is 46.5 Å². The number of nitrogens with one attached hydrogen (secondary N) is 1. The summed E-state index contributed by atoms with van der Waals surface area (Å²) < 4.78 is 0. The van der Waals surface area contributed by atoms with Crippen molar-refractivity contribution in [3.8, 4) is 0 Å². The standard InChI is InChI=1S/C17H21N3S/c1-4-18-16-14-8-6-5-7-13(14)10-15(16)21-17-19-11(2)9-12(3)20-17/h5-9,15-16,18H,4,10H2,1-3H3. The molecule has 1 aliphatic carbocycles. The fourth-order valence-corrected chi connectivity index (χ4v) is 4.32. The molecule has 0 bridgehead atoms. The van der Waals surface area contributed by atoms with Crippen molar-refractivity contribution in [3.05, 3.63) is 52.8 Å². The van der Waals surface area contributed by atoms with Crippen LogP contribution in [0, 0.1) is 13.8 Å². The number of rotatable bonds is 4. The zero-order chi connectivity index (χ0) is 14.8. The van der Waals surface area contributed by atoms with Crippen LogP contribution < -0.4 is 5.32 Å². The van der Waals surface area contributed by atoms with Gasteiger partial charge < -0.3 is 5.32 Å². The number of thioether (sulfide) groups is 1. The van der Waals surface area contributed by atoms with E-state index in [-0.39, 0.29) is 0 Å². The fourth-order valence-electron chi connectivity index (χ4n) is 3.01. The smallest absolute Gasteiger partial charge is 0.188 e. The van der Waals surface area contributed by atoms with Gasteiger partial charge in [-0.3, -0.25) is 0 Å². The maximum absolute atomic E-state index is 4.58. The normalized spacial score (nSPS) is 20.5. The zero-order valence-corrected chi connectivity index (χ0v) is 13.6. The van der Waals surface area contributed by atoms with Crippen LogP contribution >= 0.6 is 11.8 Å². The van der Waals surface area contributed by atoms with Gasteiger partial charge in [0, 0.05) is 22.7 Å². The van der Waals surface area contributed by atoms with Gasteiger partial charge in [-0.2, -0.15) is 0 Å². The van der Waals surface area contributed by atoms with Crippen molar-refractivity contribution in [3.63, 3.8) is 0 Å². The van der Waals surface area contributed by atoms with Crippen LogP contribution in [0.4, 0.5) is 0 Å². The Morgan fingerprint density at radius 3 is 2.62 bits per heavy atom. The highest BCUT2D eigenvalue weighted by atomic mass is 32.2. The fraction of sp³-hybridized carbons (Fsp3) is 0.412. The minimum Gasteiger partial charge on any atom is -0.309 e. The molecular weight excluding hydrogens is 278 g/mol. The van der Waals surface area contributed by atoms with Crippen LogP contribution in [0.15, 0.2) is 35.5 Å². The molecule has 0 aliphatic heterocycles. The first-order chi connectivity index (χ1) is 10.2. The van der Waals surface area contributed by atoms with Gasteiger partial charge in [-0.25, -0.2) is 9.97 Å². The molecule has 4 heteroatoms. The highest BCUT2D eigenvalue weighted by Gasteiger charge is 2.32. The Morgan fingerprint density at radius 2 is 1.90 bits per heavy atom. The predicted molar refractivity (Wildman–Crippen MR) is 87.7 cm³/mol. The average Bonchev–Trinajstić information content (AvgIpc) is 2.76. The third-order valence-corrected chi connectivity index (χ3v) is 4.96. The largest absolute Gasteiger partial charge is 0.309 e. The number of hydrogen-bond donors (Lipinski definition) is 1. The Balaban J connectivity index is 1.85. The Labute approximate surface area is 130 Å². The quantitative estimate of drug-likeness (QED) is 0.877. The van der Waals surface area contributed by atoms with Crippen LogP contribution in [-0.2, 0) is 6.42 Å². The lowest BCUT2D eigenvalue weighted by molar-refractivity contribution is 0.559. The SMILES string of the molecule is CCNC1c2ccccc2CC1Sc1nc(C)cc(C)n1. The number of nitrogens with zero attached hydrogens (tertiary/aromatic N) is 2. The molecule has 1 N–H and O–H groups in total. The van der Waals surface area contributed by atoms with E-state index in [0.29, 0.717) is 11.3 Å². The third-order valence-electron chi connectivity index (χ3n) is 3.83. The van der Waals surface area contributed by atoms with Crippen molar-refractivity contribution in [2.75, 3.05) is 6.54 Å². The number of aryl methyl sites for hydroxylation is 2. The molecule has 0 radical (unpaired) electrons. The first-order valence-corrected chi connectivity index (χ1v) is 8.35. The van der Waals surface area contributed by atoms with Crippen LogP contribution in [0.2, 0.25) is 0 Å². The van der Waals surface area contributed by atoms with Crippen molar-refractivity contribution < 1.29 is 0 Å². The van der Waals surface area contributed by atoms with Gasteiger partial charge in [-0.05, 0) is 44.0 Å². The summed E-state index contributed by atoms with van der Waals surface area (Å²) in [6, 6.07) is 11.1. The van der Waals surface area contributed by atoms with Gasteiger partial charge in [0.2, 0.25) is 0 Å². The molecule has 0 saturated carbocycles. The van der Waals surface area contributed by atoms with Gasteiger partial charge >= 0.3 is 0 Å². The van der Waals surface area contributed by atoms with Crippen LogP contribution in [0.1, 0.15) is 35.5 Å². The first kappa shape index (κ1) is 14.5. The van der Waals surface area contributed by atoms with Crippen molar-refractivity contribution in [1.29, 1.82) is 0 Å². The topological polar surface area (TPSA) is 37.8 Å². The molecule has 1 aromatic heterocycles. The summed E-state index contributed by atoms with van der Waals surface area (Å²) in [5.41, 5.74) is 4.97. The molecule has 0 fully saturated rings. The summed E-state index contributed by atoms with van der Waals surface area (Å²) in [5, 5.41) is 4.98. The molecule has 1 aromatic carbocycles. The monoisotopic (exact) mass is 299 g/mol. The van der Waals surface area contributed by atoms with Crippen molar-refractivity contribution in [2.24, 2.45) is 0 Å². The number of benzene rings is 1. The van der Waals surface area contributed by atoms with Gasteiger partial charge in [-0.1, -0.05) is 43.0 Å². The highest BCUT2D eigenvalue weighted by Crippen LogP contribution is 2.40. The van der Waals surface area contributed by atoms with E-state index in [9.17, 15) is 0 Å². The Bertz CT molecular complexity index is 621. The summed E-state index contributed by atoms with van der Waals surface area (Å²) >= 11 is 1.80. The molecule has 21 heavy (non-hydrogen) atoms. The molecule has 0 spiro atoms. The second-order valence-electron chi connectivity index (χ2n) is 5.53. The van der Waals surface area contributed by atoms with Gasteiger partial charge in [0.05, 0.1) is 0 Å². The third kappa shape index (κ3) is 3.11. The van der Waals surface area contributed by atoms with Gasteiger partial charge in [0.15, 0.2) is 5.16 Å². The van der Waals surface area contributed by atoms with E-state index in [1.54, 1.807) is 11.8 Å². The average molecular weight is 299 g/mol. The van der Waals surface area contributed by atoms with E-state index in [1.807, 2.05) is 19.9 Å². The molecular formula is C17H21N3S. The lowest BCUT2D eigenvalue weighted by Crippen LogP contribution is -2.27. The Kier molecular flexibility index (Phi) is 4.27. The molecule has 0 amide bonds. The van der Waals surface area contributed by atoms with E-state index >= 15 is 0 Å². The minimum absolute atomic E-state index is 0.389. The predicted octanol–water partition coefficient (Wildman–Crippen LogP) is 3.46. The second-order valence-corrected chi connectivity index (χ2v) is 6.73. The van der Waals surface area contributed by atoms with Crippen molar-refractivity contribution in [2.45, 2.75) is 43.6 Å². The summed E-state index contributed by atoms with van der Waals surface area (Å²) in [4.78, 5) is 9.16. The molecule has 1 aliphatic rings. The lowest BCUT2D eigenvalue weighted by Gasteiger charge is -2.20. The van der Waals surface area contributed by atoms with Gasteiger partial charge in [0.1, 0.15) is 0 Å². The number of aromatic nitrogens is 2. The van der Waals surface area contributed by atoms with Gasteiger partial charge in [-0.15, -0.1) is 0 Å². The molecule has 2 atom stereocenters. The van der Waals surface area contributed by atoms with Crippen LogP contribution in [0.25, 0.3) is 0 Å². The molecule has 2 unspecified atom stereocenters.